The molecule has 0 atom stereocenters. The number of hydrogen-bond donors (Lipinski definition) is 1. The van der Waals surface area contributed by atoms with E-state index in [4.69, 9.17) is 5.84 Å². The van der Waals surface area contributed by atoms with Gasteiger partial charge in [-0.2, -0.15) is 0 Å². The second kappa shape index (κ2) is 5.84. The second-order valence-corrected chi connectivity index (χ2v) is 7.84. The Balaban J connectivity index is 2.13. The smallest absolute Gasteiger partial charge is 0.210 e. The number of benzene rings is 1. The summed E-state index contributed by atoms with van der Waals surface area (Å²) in [6.45, 7) is 2.00. The molecular weight excluding hydrogens is 296 g/mol. The third-order valence-corrected chi connectivity index (χ3v) is 4.81. The molecule has 1 aromatic heterocycles. The molecule has 2 aromatic rings. The van der Waals surface area contributed by atoms with E-state index in [0.717, 1.165) is 11.1 Å². The fourth-order valence-electron chi connectivity index (χ4n) is 1.56. The van der Waals surface area contributed by atoms with Crippen molar-refractivity contribution in [3.05, 3.63) is 29.8 Å². The average molecular weight is 312 g/mol. The van der Waals surface area contributed by atoms with Gasteiger partial charge in [0.05, 0.1) is 5.75 Å². The summed E-state index contributed by atoms with van der Waals surface area (Å²) in [5.41, 5.74) is 2.03. The van der Waals surface area contributed by atoms with E-state index in [-0.39, 0.29) is 5.75 Å². The van der Waals surface area contributed by atoms with Crippen molar-refractivity contribution in [3.63, 3.8) is 0 Å². The average Bonchev–Trinajstić information content (AvgIpc) is 2.71. The maximum atomic E-state index is 11.1. The van der Waals surface area contributed by atoms with Gasteiger partial charge >= 0.3 is 0 Å². The lowest BCUT2D eigenvalue weighted by Gasteiger charge is -2.03. The molecule has 0 saturated heterocycles. The number of nitrogens with two attached hydrogens (primary N) is 1. The summed E-state index contributed by atoms with van der Waals surface area (Å²) in [4.78, 5) is 0. The zero-order chi connectivity index (χ0) is 14.8. The Bertz CT molecular complexity index is 693. The van der Waals surface area contributed by atoms with Crippen LogP contribution in [0.4, 0.5) is 0 Å². The van der Waals surface area contributed by atoms with Crippen LogP contribution in [0.15, 0.2) is 29.4 Å². The molecule has 2 N–H and O–H groups in total. The van der Waals surface area contributed by atoms with Gasteiger partial charge in [-0.3, -0.25) is 0 Å². The van der Waals surface area contributed by atoms with Gasteiger partial charge in [0.25, 0.3) is 0 Å². The molecule has 0 fully saturated rings. The first kappa shape index (κ1) is 14.9. The van der Waals surface area contributed by atoms with E-state index < -0.39 is 9.84 Å². The lowest BCUT2D eigenvalue weighted by Crippen LogP contribution is -2.12. The molecule has 0 bridgehead atoms. The summed E-state index contributed by atoms with van der Waals surface area (Å²) < 4.78 is 23.5. The summed E-state index contributed by atoms with van der Waals surface area (Å²) in [7, 11) is -2.98. The van der Waals surface area contributed by atoms with E-state index in [1.54, 1.807) is 0 Å². The van der Waals surface area contributed by atoms with Gasteiger partial charge in [0.1, 0.15) is 9.84 Å². The lowest BCUT2D eigenvalue weighted by molar-refractivity contribution is 0.603. The quantitative estimate of drug-likeness (QED) is 0.657. The van der Waals surface area contributed by atoms with Gasteiger partial charge in [0, 0.05) is 17.6 Å². The second-order valence-electron chi connectivity index (χ2n) is 4.52. The highest BCUT2D eigenvalue weighted by Crippen LogP contribution is 2.21. The van der Waals surface area contributed by atoms with Crippen molar-refractivity contribution in [2.45, 2.75) is 12.1 Å². The molecule has 0 aliphatic carbocycles. The van der Waals surface area contributed by atoms with Crippen LogP contribution in [0.3, 0.4) is 0 Å². The molecule has 0 radical (unpaired) electrons. The Kier molecular flexibility index (Phi) is 4.34. The first-order valence-corrected chi connectivity index (χ1v) is 8.99. The van der Waals surface area contributed by atoms with Crippen LogP contribution in [-0.2, 0) is 9.84 Å². The molecule has 0 amide bonds. The first-order chi connectivity index (χ1) is 9.37. The van der Waals surface area contributed by atoms with Gasteiger partial charge in [-0.25, -0.2) is 13.1 Å². The summed E-state index contributed by atoms with van der Waals surface area (Å²) in [6, 6.07) is 7.79. The molecule has 0 unspecified atom stereocenters. The van der Waals surface area contributed by atoms with Crippen LogP contribution in [0.25, 0.3) is 11.4 Å². The maximum Gasteiger partial charge on any atom is 0.210 e. The van der Waals surface area contributed by atoms with Crippen molar-refractivity contribution in [1.82, 2.24) is 14.9 Å². The van der Waals surface area contributed by atoms with Gasteiger partial charge in [-0.1, -0.05) is 41.6 Å². The normalized spacial score (nSPS) is 11.7. The molecule has 20 heavy (non-hydrogen) atoms. The number of aromatic nitrogens is 3. The fourth-order valence-corrected chi connectivity index (χ4v) is 3.61. The zero-order valence-electron chi connectivity index (χ0n) is 11.3. The van der Waals surface area contributed by atoms with Gasteiger partial charge in [-0.15, -0.1) is 10.2 Å². The highest BCUT2D eigenvalue weighted by atomic mass is 32.2. The predicted molar refractivity (Wildman–Crippen MR) is 80.8 cm³/mol. The Morgan fingerprint density at radius 2 is 1.90 bits per heavy atom. The lowest BCUT2D eigenvalue weighted by atomic mass is 10.1. The van der Waals surface area contributed by atoms with Crippen LogP contribution in [0.5, 0.6) is 0 Å². The SMILES string of the molecule is Cc1ccc(-c2nnc(SCCS(C)(=O)=O)n2N)cc1. The molecular formula is C12H16N4O2S2. The van der Waals surface area contributed by atoms with Crippen molar-refractivity contribution in [2.24, 2.45) is 0 Å². The topological polar surface area (TPSA) is 90.9 Å². The van der Waals surface area contributed by atoms with E-state index >= 15 is 0 Å². The largest absolute Gasteiger partial charge is 0.335 e. The van der Waals surface area contributed by atoms with Crippen molar-refractivity contribution in [2.75, 3.05) is 23.6 Å². The van der Waals surface area contributed by atoms with E-state index in [1.165, 1.54) is 22.7 Å². The van der Waals surface area contributed by atoms with Gasteiger partial charge in [-0.05, 0) is 6.92 Å². The minimum atomic E-state index is -2.98. The first-order valence-electron chi connectivity index (χ1n) is 5.95. The van der Waals surface area contributed by atoms with Crippen LogP contribution in [0.1, 0.15) is 5.56 Å². The molecule has 0 aliphatic heterocycles. The van der Waals surface area contributed by atoms with Crippen molar-refractivity contribution in [3.8, 4) is 11.4 Å². The number of rotatable bonds is 5. The number of sulfone groups is 1. The molecule has 0 spiro atoms. The molecule has 0 saturated carbocycles. The van der Waals surface area contributed by atoms with E-state index in [9.17, 15) is 8.42 Å². The Morgan fingerprint density at radius 1 is 1.25 bits per heavy atom. The number of aryl methyl sites for hydroxylation is 1. The number of thioether (sulfide) groups is 1. The summed E-state index contributed by atoms with van der Waals surface area (Å²) >= 11 is 1.28. The molecule has 2 rings (SSSR count). The van der Waals surface area contributed by atoms with Crippen LogP contribution in [0, 0.1) is 6.92 Å². The van der Waals surface area contributed by atoms with Gasteiger partial charge in [0.15, 0.2) is 5.82 Å². The van der Waals surface area contributed by atoms with Gasteiger partial charge < -0.3 is 5.84 Å². The van der Waals surface area contributed by atoms with Crippen molar-refractivity contribution < 1.29 is 8.42 Å². The van der Waals surface area contributed by atoms with Crippen molar-refractivity contribution >= 4 is 21.6 Å². The third-order valence-electron chi connectivity index (χ3n) is 2.66. The number of hydrogen-bond acceptors (Lipinski definition) is 6. The molecule has 1 heterocycles. The van der Waals surface area contributed by atoms with Gasteiger partial charge in [0.2, 0.25) is 5.16 Å². The van der Waals surface area contributed by atoms with E-state index in [1.807, 2.05) is 31.2 Å². The predicted octanol–water partition coefficient (Wildman–Crippen LogP) is 1.10. The molecule has 108 valence electrons. The Labute approximate surface area is 122 Å². The molecule has 8 heteroatoms. The number of nitrogens with zero attached hydrogens (tertiary/aromatic N) is 3. The number of nitrogen functional groups attached to an aromatic ring is 1. The van der Waals surface area contributed by atoms with Crippen LogP contribution in [0.2, 0.25) is 0 Å². The molecule has 0 aliphatic rings. The van der Waals surface area contributed by atoms with Crippen LogP contribution < -0.4 is 5.84 Å². The monoisotopic (exact) mass is 312 g/mol. The highest BCUT2D eigenvalue weighted by Gasteiger charge is 2.12. The maximum absolute atomic E-state index is 11.1. The van der Waals surface area contributed by atoms with E-state index in [2.05, 4.69) is 10.2 Å². The Morgan fingerprint density at radius 3 is 2.50 bits per heavy atom. The van der Waals surface area contributed by atoms with Crippen LogP contribution >= 0.6 is 11.8 Å². The standard InChI is InChI=1S/C12H16N4O2S2/c1-9-3-5-10(6-4-9)11-14-15-12(16(11)13)19-7-8-20(2,17)18/h3-6H,7-8,13H2,1-2H3. The minimum Gasteiger partial charge on any atom is -0.335 e. The molecule has 6 nitrogen and oxygen atoms in total. The van der Waals surface area contributed by atoms with E-state index in [0.29, 0.717) is 16.7 Å². The minimum absolute atomic E-state index is 0.0877. The summed E-state index contributed by atoms with van der Waals surface area (Å²) in [5, 5.41) is 8.54. The summed E-state index contributed by atoms with van der Waals surface area (Å²) in [5.74, 6) is 7.00. The third kappa shape index (κ3) is 3.73. The van der Waals surface area contributed by atoms with Crippen LogP contribution in [-0.4, -0.2) is 41.1 Å². The molecule has 1 aromatic carbocycles. The highest BCUT2D eigenvalue weighted by molar-refractivity contribution is 8.00. The van der Waals surface area contributed by atoms with Crippen molar-refractivity contribution in [1.29, 1.82) is 0 Å². The summed E-state index contributed by atoms with van der Waals surface area (Å²) in [6.07, 6.45) is 1.21. The zero-order valence-corrected chi connectivity index (χ0v) is 12.9. The fraction of sp³-hybridized carbons (Fsp3) is 0.333. The Hall–Kier alpha value is -1.54.